The number of aliphatic imine (C=N–C) groups is 1. The molecule has 2 heterocycles. The van der Waals surface area contributed by atoms with Crippen molar-refractivity contribution in [1.82, 2.24) is 4.57 Å². The van der Waals surface area contributed by atoms with Crippen molar-refractivity contribution in [2.45, 2.75) is 18.3 Å². The smallest absolute Gasteiger partial charge is 0.233 e. The number of hydrogen-bond acceptors (Lipinski definition) is 3. The van der Waals surface area contributed by atoms with Crippen LogP contribution in [0.3, 0.4) is 0 Å². The summed E-state index contributed by atoms with van der Waals surface area (Å²) in [6.45, 7) is 1.35. The lowest BCUT2D eigenvalue weighted by atomic mass is 10.2. The summed E-state index contributed by atoms with van der Waals surface area (Å²) >= 11 is 8.21. The van der Waals surface area contributed by atoms with Gasteiger partial charge >= 0.3 is 0 Å². The predicted octanol–water partition coefficient (Wildman–Crippen LogP) is 5.27. The van der Waals surface area contributed by atoms with Crippen molar-refractivity contribution in [3.63, 3.8) is 0 Å². The van der Waals surface area contributed by atoms with E-state index < -0.39 is 0 Å². The van der Waals surface area contributed by atoms with Gasteiger partial charge in [-0.2, -0.15) is 11.8 Å². The number of hydrogen-bond donors (Lipinski definition) is 0. The van der Waals surface area contributed by atoms with Crippen LogP contribution in [-0.4, -0.2) is 28.9 Å². The second kappa shape index (κ2) is 8.68. The molecular weight excluding hydrogens is 376 g/mol. The molecule has 0 amide bonds. The number of aromatic nitrogens is 1. The Labute approximate surface area is 169 Å². The molecule has 1 aliphatic rings. The number of halogens is 1. The van der Waals surface area contributed by atoms with Crippen LogP contribution >= 0.6 is 23.4 Å². The fourth-order valence-corrected chi connectivity index (χ4v) is 4.27. The van der Waals surface area contributed by atoms with Gasteiger partial charge in [0.25, 0.3) is 0 Å². The van der Waals surface area contributed by atoms with Gasteiger partial charge in [-0.25, -0.2) is 4.99 Å². The molecule has 5 heteroatoms. The Kier molecular flexibility index (Phi) is 5.85. The lowest BCUT2D eigenvalue weighted by molar-refractivity contribution is 0.323. The van der Waals surface area contributed by atoms with Gasteiger partial charge in [-0.1, -0.05) is 60.1 Å². The Morgan fingerprint density at radius 2 is 1.85 bits per heavy atom. The first kappa shape index (κ1) is 18.2. The highest BCUT2D eigenvalue weighted by atomic mass is 35.5. The van der Waals surface area contributed by atoms with Crippen LogP contribution in [0.15, 0.2) is 77.9 Å². The summed E-state index contributed by atoms with van der Waals surface area (Å²) < 4.78 is 8.04. The third-order valence-corrected chi connectivity index (χ3v) is 6.01. The Balaban J connectivity index is 1.39. The number of benzene rings is 2. The molecule has 138 valence electrons. The summed E-state index contributed by atoms with van der Waals surface area (Å²) in [5.41, 5.74) is 3.44. The van der Waals surface area contributed by atoms with Crippen molar-refractivity contribution < 1.29 is 4.74 Å². The maximum atomic E-state index is 6.31. The summed E-state index contributed by atoms with van der Waals surface area (Å²) in [6.07, 6.45) is 2.04. The van der Waals surface area contributed by atoms with Crippen molar-refractivity contribution in [2.75, 3.05) is 12.4 Å². The summed E-state index contributed by atoms with van der Waals surface area (Å²) in [5.74, 6) is 2.70. The van der Waals surface area contributed by atoms with Crippen LogP contribution in [0.2, 0.25) is 5.02 Å². The number of ether oxygens (including phenoxy) is 1. The van der Waals surface area contributed by atoms with Gasteiger partial charge in [-0.05, 0) is 29.3 Å². The number of thioether (sulfide) groups is 1. The average Bonchev–Trinajstić information content (AvgIpc) is 3.34. The van der Waals surface area contributed by atoms with Gasteiger partial charge in [0.2, 0.25) is 5.90 Å². The molecule has 0 aliphatic carbocycles. The Bertz CT molecular complexity index is 923. The van der Waals surface area contributed by atoms with Crippen molar-refractivity contribution in [2.24, 2.45) is 4.99 Å². The predicted molar refractivity (Wildman–Crippen MR) is 114 cm³/mol. The monoisotopic (exact) mass is 396 g/mol. The molecule has 0 fully saturated rings. The zero-order valence-corrected chi connectivity index (χ0v) is 16.5. The molecule has 1 atom stereocenters. The van der Waals surface area contributed by atoms with Gasteiger partial charge in [-0.15, -0.1) is 0 Å². The van der Waals surface area contributed by atoms with Crippen molar-refractivity contribution in [1.29, 1.82) is 0 Å². The minimum absolute atomic E-state index is 0.206. The topological polar surface area (TPSA) is 26.5 Å². The van der Waals surface area contributed by atoms with Gasteiger partial charge in [0, 0.05) is 29.3 Å². The van der Waals surface area contributed by atoms with Gasteiger partial charge in [0.05, 0.1) is 6.04 Å². The normalized spacial score (nSPS) is 16.2. The molecule has 3 aromatic rings. The summed E-state index contributed by atoms with van der Waals surface area (Å²) in [5, 5.41) is 0.779. The second-order valence-corrected chi connectivity index (χ2v) is 7.95. The molecule has 0 bridgehead atoms. The minimum Gasteiger partial charge on any atom is -0.474 e. The number of nitrogens with zero attached hydrogens (tertiary/aromatic N) is 2. The molecule has 0 unspecified atom stereocenters. The molecule has 1 aromatic heterocycles. The van der Waals surface area contributed by atoms with Gasteiger partial charge in [0.15, 0.2) is 0 Å². The molecule has 0 spiro atoms. The molecule has 2 aromatic carbocycles. The first-order valence-electron chi connectivity index (χ1n) is 9.01. The van der Waals surface area contributed by atoms with Crippen molar-refractivity contribution >= 4 is 29.3 Å². The summed E-state index contributed by atoms with van der Waals surface area (Å²) in [4.78, 5) is 4.81. The van der Waals surface area contributed by atoms with E-state index >= 15 is 0 Å². The van der Waals surface area contributed by atoms with E-state index in [-0.39, 0.29) is 6.04 Å². The van der Waals surface area contributed by atoms with E-state index in [0.29, 0.717) is 13.2 Å². The highest BCUT2D eigenvalue weighted by Gasteiger charge is 2.22. The maximum absolute atomic E-state index is 6.31. The first-order valence-corrected chi connectivity index (χ1v) is 10.5. The van der Waals surface area contributed by atoms with Crippen molar-refractivity contribution in [3.05, 3.63) is 94.8 Å². The lowest BCUT2D eigenvalue weighted by Gasteiger charge is -2.10. The Morgan fingerprint density at radius 3 is 2.70 bits per heavy atom. The molecular formula is C22H21ClN2OS. The van der Waals surface area contributed by atoms with E-state index in [1.54, 1.807) is 0 Å². The van der Waals surface area contributed by atoms with E-state index in [2.05, 4.69) is 34.9 Å². The van der Waals surface area contributed by atoms with Crippen LogP contribution in [-0.2, 0) is 17.0 Å². The van der Waals surface area contributed by atoms with Crippen LogP contribution in [0.1, 0.15) is 16.8 Å². The fraction of sp³-hybridized carbons (Fsp3) is 0.227. The molecule has 4 rings (SSSR count). The van der Waals surface area contributed by atoms with Crippen LogP contribution in [0.25, 0.3) is 0 Å². The van der Waals surface area contributed by atoms with Gasteiger partial charge < -0.3 is 9.30 Å². The van der Waals surface area contributed by atoms with E-state index in [1.807, 2.05) is 54.4 Å². The Hall–Kier alpha value is -2.17. The highest BCUT2D eigenvalue weighted by Crippen LogP contribution is 2.21. The number of rotatable bonds is 7. The standard InChI is InChI=1S/C22H21ClN2OS/c23-20-10-5-4-9-18(20)13-25-12-6-11-21(25)22-24-19(14-26-22)16-27-15-17-7-2-1-3-8-17/h1-12,19H,13-16H2/t19-/m0/s1. The largest absolute Gasteiger partial charge is 0.474 e. The third-order valence-electron chi connectivity index (χ3n) is 4.48. The molecule has 3 nitrogen and oxygen atoms in total. The first-order chi connectivity index (χ1) is 13.3. The maximum Gasteiger partial charge on any atom is 0.233 e. The average molecular weight is 397 g/mol. The minimum atomic E-state index is 0.206. The summed E-state index contributed by atoms with van der Waals surface area (Å²) in [7, 11) is 0. The van der Waals surface area contributed by atoms with E-state index in [1.165, 1.54) is 5.56 Å². The molecule has 0 radical (unpaired) electrons. The van der Waals surface area contributed by atoms with Crippen LogP contribution in [0, 0.1) is 0 Å². The van der Waals surface area contributed by atoms with E-state index in [4.69, 9.17) is 21.3 Å². The van der Waals surface area contributed by atoms with Crippen LogP contribution in [0.4, 0.5) is 0 Å². The second-order valence-electron chi connectivity index (χ2n) is 6.51. The van der Waals surface area contributed by atoms with Crippen LogP contribution < -0.4 is 0 Å². The van der Waals surface area contributed by atoms with Crippen molar-refractivity contribution in [3.8, 4) is 0 Å². The molecule has 27 heavy (non-hydrogen) atoms. The Morgan fingerprint density at radius 1 is 1.04 bits per heavy atom. The zero-order valence-electron chi connectivity index (χ0n) is 14.9. The van der Waals surface area contributed by atoms with Crippen LogP contribution in [0.5, 0.6) is 0 Å². The van der Waals surface area contributed by atoms with Gasteiger partial charge in [0.1, 0.15) is 12.3 Å². The SMILES string of the molecule is Clc1ccccc1Cn1cccc1C1=N[C@H](CSCc2ccccc2)CO1. The molecule has 0 saturated heterocycles. The third kappa shape index (κ3) is 4.57. The molecule has 0 saturated carbocycles. The molecule has 0 N–H and O–H groups in total. The van der Waals surface area contributed by atoms with Gasteiger partial charge in [-0.3, -0.25) is 0 Å². The quantitative estimate of drug-likeness (QED) is 0.544. The highest BCUT2D eigenvalue weighted by molar-refractivity contribution is 7.98. The summed E-state index contributed by atoms with van der Waals surface area (Å²) in [6, 6.07) is 22.7. The fourth-order valence-electron chi connectivity index (χ4n) is 3.08. The van der Waals surface area contributed by atoms with E-state index in [0.717, 1.165) is 33.7 Å². The zero-order chi connectivity index (χ0) is 18.5. The lowest BCUT2D eigenvalue weighted by Crippen LogP contribution is -2.11. The molecule has 1 aliphatic heterocycles. The van der Waals surface area contributed by atoms with E-state index in [9.17, 15) is 0 Å².